The molecule has 178 valence electrons. The van der Waals surface area contributed by atoms with Gasteiger partial charge < -0.3 is 15.0 Å². The van der Waals surface area contributed by atoms with Crippen molar-refractivity contribution in [3.8, 4) is 0 Å². The van der Waals surface area contributed by atoms with Gasteiger partial charge in [0, 0.05) is 31.0 Å². The minimum Gasteiger partial charge on any atom is -0.451 e. The van der Waals surface area contributed by atoms with Crippen LogP contribution in [0.25, 0.3) is 6.08 Å². The van der Waals surface area contributed by atoms with Gasteiger partial charge in [-0.1, -0.05) is 60.1 Å². The van der Waals surface area contributed by atoms with Gasteiger partial charge in [-0.05, 0) is 37.0 Å². The largest absolute Gasteiger partial charge is 0.451 e. The first-order valence-electron chi connectivity index (χ1n) is 11.0. The molecular weight excluding hydrogens is 456 g/mol. The van der Waals surface area contributed by atoms with Gasteiger partial charge >= 0.3 is 5.97 Å². The molecule has 2 amide bonds. The predicted octanol–water partition coefficient (Wildman–Crippen LogP) is 3.86. The number of rotatable bonds is 7. The molecule has 1 saturated carbocycles. The van der Waals surface area contributed by atoms with Crippen LogP contribution in [0.15, 0.2) is 60.3 Å². The van der Waals surface area contributed by atoms with Crippen LogP contribution in [-0.2, 0) is 29.5 Å². The number of Topliss-reactive ketones (excluding diaryl/α,β-unsaturated/α-hetero) is 1. The van der Waals surface area contributed by atoms with E-state index in [9.17, 15) is 19.2 Å². The first-order valence-corrected chi connectivity index (χ1v) is 11.4. The Labute approximate surface area is 203 Å². The van der Waals surface area contributed by atoms with Crippen LogP contribution in [0.1, 0.15) is 43.7 Å². The van der Waals surface area contributed by atoms with Crippen molar-refractivity contribution in [3.63, 3.8) is 0 Å². The highest BCUT2D eigenvalue weighted by Crippen LogP contribution is 2.42. The van der Waals surface area contributed by atoms with Crippen molar-refractivity contribution in [3.05, 3.63) is 76.4 Å². The molecule has 0 heterocycles. The number of amides is 2. The summed E-state index contributed by atoms with van der Waals surface area (Å²) in [6.07, 6.45) is 3.72. The fourth-order valence-electron chi connectivity index (χ4n) is 4.20. The zero-order chi connectivity index (χ0) is 24.7. The van der Waals surface area contributed by atoms with Crippen LogP contribution in [-0.4, -0.2) is 42.1 Å². The number of ketones is 1. The Morgan fingerprint density at radius 1 is 1.09 bits per heavy atom. The molecule has 0 aliphatic heterocycles. The quantitative estimate of drug-likeness (QED) is 0.478. The molecule has 2 aromatic carbocycles. The molecule has 0 bridgehead atoms. The van der Waals surface area contributed by atoms with Gasteiger partial charge in [0.05, 0.1) is 0 Å². The van der Waals surface area contributed by atoms with Gasteiger partial charge in [0.1, 0.15) is 11.2 Å². The Morgan fingerprint density at radius 3 is 2.41 bits per heavy atom. The van der Waals surface area contributed by atoms with Crippen molar-refractivity contribution in [1.82, 2.24) is 10.2 Å². The fourth-order valence-corrected chi connectivity index (χ4v) is 4.49. The second-order valence-corrected chi connectivity index (χ2v) is 8.56. The van der Waals surface area contributed by atoms with E-state index in [4.69, 9.17) is 16.3 Å². The number of ether oxygens (including phenoxy) is 1. The van der Waals surface area contributed by atoms with E-state index in [0.717, 1.165) is 12.8 Å². The zero-order valence-electron chi connectivity index (χ0n) is 19.2. The standard InChI is InChI=1S/C26H27ClN2O5/c1-18(30)28-22(16-19-10-4-3-5-11-19)25(33)34-17-24(32)29(2)26(15-9-8-14-23(26)31)20-12-6-7-13-21(20)27/h3-7,10-13,16H,8-9,14-15,17H2,1-2H3,(H,28,30)/b22-16+. The zero-order valence-corrected chi connectivity index (χ0v) is 19.9. The molecular formula is C26H27ClN2O5. The highest BCUT2D eigenvalue weighted by atomic mass is 35.5. The van der Waals surface area contributed by atoms with Crippen molar-refractivity contribution in [2.24, 2.45) is 0 Å². The van der Waals surface area contributed by atoms with Gasteiger partial charge in [-0.15, -0.1) is 0 Å². The molecule has 1 aliphatic rings. The molecule has 0 radical (unpaired) electrons. The summed E-state index contributed by atoms with van der Waals surface area (Å²) >= 11 is 6.43. The van der Waals surface area contributed by atoms with E-state index >= 15 is 0 Å². The molecule has 1 fully saturated rings. The number of halogens is 1. The normalized spacial score (nSPS) is 18.2. The Bertz CT molecular complexity index is 1120. The summed E-state index contributed by atoms with van der Waals surface area (Å²) in [5, 5.41) is 2.84. The Hall–Kier alpha value is -3.45. The molecule has 3 rings (SSSR count). The SMILES string of the molecule is CC(=O)N/C(=C/c1ccccc1)C(=O)OCC(=O)N(C)C1(c2ccccc2Cl)CCCCC1=O. The highest BCUT2D eigenvalue weighted by Gasteiger charge is 2.48. The van der Waals surface area contributed by atoms with Crippen molar-refractivity contribution in [2.45, 2.75) is 38.1 Å². The third-order valence-electron chi connectivity index (χ3n) is 5.89. The van der Waals surface area contributed by atoms with Crippen LogP contribution in [0.3, 0.4) is 0 Å². The first kappa shape index (κ1) is 25.2. The molecule has 0 spiro atoms. The molecule has 1 N–H and O–H groups in total. The number of nitrogens with one attached hydrogen (secondary N) is 1. The van der Waals surface area contributed by atoms with Crippen LogP contribution >= 0.6 is 11.6 Å². The summed E-state index contributed by atoms with van der Waals surface area (Å²) in [4.78, 5) is 51.9. The molecule has 7 nitrogen and oxygen atoms in total. The number of carbonyl (C=O) groups is 4. The second-order valence-electron chi connectivity index (χ2n) is 8.15. The van der Waals surface area contributed by atoms with Crippen LogP contribution < -0.4 is 5.32 Å². The smallest absolute Gasteiger partial charge is 0.355 e. The predicted molar refractivity (Wildman–Crippen MR) is 129 cm³/mol. The summed E-state index contributed by atoms with van der Waals surface area (Å²) in [5.74, 6) is -1.96. The summed E-state index contributed by atoms with van der Waals surface area (Å²) in [5.41, 5.74) is -0.0762. The van der Waals surface area contributed by atoms with Crippen molar-refractivity contribution >= 4 is 41.2 Å². The number of likely N-dealkylation sites (N-methyl/N-ethyl adjacent to an activating group) is 1. The van der Waals surface area contributed by atoms with Crippen LogP contribution in [0.4, 0.5) is 0 Å². The molecule has 0 aromatic heterocycles. The third kappa shape index (κ3) is 5.54. The van der Waals surface area contributed by atoms with E-state index in [-0.39, 0.29) is 11.5 Å². The average Bonchev–Trinajstić information content (AvgIpc) is 2.83. The van der Waals surface area contributed by atoms with Crippen molar-refractivity contribution in [1.29, 1.82) is 0 Å². The Kier molecular flexibility index (Phi) is 8.23. The van der Waals surface area contributed by atoms with E-state index in [2.05, 4.69) is 5.32 Å². The maximum atomic E-state index is 13.2. The van der Waals surface area contributed by atoms with Crippen LogP contribution in [0.2, 0.25) is 5.02 Å². The lowest BCUT2D eigenvalue weighted by Crippen LogP contribution is -2.55. The maximum Gasteiger partial charge on any atom is 0.355 e. The number of hydrogen-bond donors (Lipinski definition) is 1. The molecule has 2 aromatic rings. The summed E-state index contributed by atoms with van der Waals surface area (Å²) in [6, 6.07) is 15.9. The number of carbonyl (C=O) groups excluding carboxylic acids is 4. The van der Waals surface area contributed by atoms with Crippen LogP contribution in [0, 0.1) is 0 Å². The van der Waals surface area contributed by atoms with Gasteiger partial charge in [0.25, 0.3) is 5.91 Å². The second kappa shape index (κ2) is 11.1. The maximum absolute atomic E-state index is 13.2. The summed E-state index contributed by atoms with van der Waals surface area (Å²) < 4.78 is 5.24. The third-order valence-corrected chi connectivity index (χ3v) is 6.22. The van der Waals surface area contributed by atoms with Gasteiger partial charge in [-0.2, -0.15) is 0 Å². The van der Waals surface area contributed by atoms with E-state index in [1.807, 2.05) is 6.07 Å². The van der Waals surface area contributed by atoms with Gasteiger partial charge in [0.2, 0.25) is 5.91 Å². The number of benzene rings is 2. The Balaban J connectivity index is 1.81. The van der Waals surface area contributed by atoms with E-state index in [1.165, 1.54) is 24.9 Å². The van der Waals surface area contributed by atoms with Crippen molar-refractivity contribution in [2.75, 3.05) is 13.7 Å². The molecule has 0 saturated heterocycles. The molecule has 1 aliphatic carbocycles. The monoisotopic (exact) mass is 482 g/mol. The van der Waals surface area contributed by atoms with E-state index in [1.54, 1.807) is 48.5 Å². The van der Waals surface area contributed by atoms with Gasteiger partial charge in [-0.3, -0.25) is 14.4 Å². The molecule has 8 heteroatoms. The lowest BCUT2D eigenvalue weighted by atomic mass is 9.74. The first-order chi connectivity index (χ1) is 16.3. The summed E-state index contributed by atoms with van der Waals surface area (Å²) in [6.45, 7) is 0.674. The molecule has 1 atom stereocenters. The van der Waals surface area contributed by atoms with Gasteiger partial charge in [0.15, 0.2) is 12.4 Å². The number of nitrogens with zero attached hydrogens (tertiary/aromatic N) is 1. The van der Waals surface area contributed by atoms with Crippen molar-refractivity contribution < 1.29 is 23.9 Å². The fraction of sp³-hybridized carbons (Fsp3) is 0.308. The lowest BCUT2D eigenvalue weighted by Gasteiger charge is -2.43. The minimum atomic E-state index is -1.22. The molecule has 1 unspecified atom stereocenters. The number of esters is 1. The molecule has 34 heavy (non-hydrogen) atoms. The lowest BCUT2D eigenvalue weighted by molar-refractivity contribution is -0.156. The topological polar surface area (TPSA) is 92.8 Å². The summed E-state index contributed by atoms with van der Waals surface area (Å²) in [7, 11) is 1.53. The Morgan fingerprint density at radius 2 is 1.76 bits per heavy atom. The minimum absolute atomic E-state index is 0.0938. The van der Waals surface area contributed by atoms with E-state index in [0.29, 0.717) is 29.0 Å². The average molecular weight is 483 g/mol. The number of hydrogen-bond acceptors (Lipinski definition) is 5. The van der Waals surface area contributed by atoms with Crippen LogP contribution in [0.5, 0.6) is 0 Å². The van der Waals surface area contributed by atoms with E-state index < -0.39 is 29.9 Å². The van der Waals surface area contributed by atoms with Gasteiger partial charge in [-0.25, -0.2) is 4.79 Å². The highest BCUT2D eigenvalue weighted by molar-refractivity contribution is 6.31.